The van der Waals surface area contributed by atoms with E-state index in [1.54, 1.807) is 0 Å². The minimum absolute atomic E-state index is 0.598. The van der Waals surface area contributed by atoms with Crippen molar-refractivity contribution in [1.29, 1.82) is 0 Å². The SMILES string of the molecule is c1ccc(-c2cccc(-c3ccc4c5ccccc5n(-c5ccccc5-c5nc(-c6ccccc6)nc(-c6ccccc6)n5)c4n3)c2)cc1. The Morgan fingerprint density at radius 1 is 0.347 bits per heavy atom. The maximum atomic E-state index is 5.37. The van der Waals surface area contributed by atoms with Crippen LogP contribution < -0.4 is 0 Å². The normalized spacial score (nSPS) is 11.3. The zero-order valence-corrected chi connectivity index (χ0v) is 26.5. The number of rotatable bonds is 6. The first-order valence-corrected chi connectivity index (χ1v) is 16.3. The Kier molecular flexibility index (Phi) is 7.06. The molecular weight excluding hydrogens is 599 g/mol. The molecule has 0 aliphatic heterocycles. The Bertz CT molecular complexity index is 2540. The van der Waals surface area contributed by atoms with Crippen LogP contribution in [-0.2, 0) is 0 Å². The number of fused-ring (bicyclic) bond motifs is 3. The minimum atomic E-state index is 0.598. The van der Waals surface area contributed by atoms with Crippen molar-refractivity contribution in [3.05, 3.63) is 176 Å². The lowest BCUT2D eigenvalue weighted by Crippen LogP contribution is -2.04. The Morgan fingerprint density at radius 2 is 0.898 bits per heavy atom. The van der Waals surface area contributed by atoms with Crippen molar-refractivity contribution in [1.82, 2.24) is 24.5 Å². The van der Waals surface area contributed by atoms with E-state index in [4.69, 9.17) is 19.9 Å². The van der Waals surface area contributed by atoms with Crippen molar-refractivity contribution in [2.75, 3.05) is 0 Å². The summed E-state index contributed by atoms with van der Waals surface area (Å²) >= 11 is 0. The third-order valence-corrected chi connectivity index (χ3v) is 8.87. The quantitative estimate of drug-likeness (QED) is 0.184. The molecular formula is C44H29N5. The van der Waals surface area contributed by atoms with E-state index in [2.05, 4.69) is 108 Å². The zero-order valence-electron chi connectivity index (χ0n) is 26.5. The molecule has 0 saturated carbocycles. The number of pyridine rings is 1. The van der Waals surface area contributed by atoms with Crippen molar-refractivity contribution >= 4 is 21.9 Å². The second kappa shape index (κ2) is 12.1. The van der Waals surface area contributed by atoms with Gasteiger partial charge in [-0.1, -0.05) is 140 Å². The van der Waals surface area contributed by atoms with E-state index in [-0.39, 0.29) is 0 Å². The maximum Gasteiger partial charge on any atom is 0.166 e. The Balaban J connectivity index is 1.26. The first-order chi connectivity index (χ1) is 24.3. The molecule has 5 nitrogen and oxygen atoms in total. The molecule has 0 fully saturated rings. The van der Waals surface area contributed by atoms with Crippen LogP contribution in [0.3, 0.4) is 0 Å². The molecule has 0 N–H and O–H groups in total. The van der Waals surface area contributed by atoms with E-state index in [1.165, 1.54) is 5.56 Å². The predicted octanol–water partition coefficient (Wildman–Crippen LogP) is 10.7. The van der Waals surface area contributed by atoms with Gasteiger partial charge in [0.15, 0.2) is 17.5 Å². The summed E-state index contributed by atoms with van der Waals surface area (Å²) in [7, 11) is 0. The van der Waals surface area contributed by atoms with Crippen molar-refractivity contribution in [3.8, 4) is 62.2 Å². The molecule has 0 spiro atoms. The number of aromatic nitrogens is 5. The van der Waals surface area contributed by atoms with Crippen LogP contribution in [-0.4, -0.2) is 24.5 Å². The second-order valence-electron chi connectivity index (χ2n) is 11.9. The molecule has 6 aromatic carbocycles. The first-order valence-electron chi connectivity index (χ1n) is 16.3. The minimum Gasteiger partial charge on any atom is -0.293 e. The van der Waals surface area contributed by atoms with Gasteiger partial charge in [-0.05, 0) is 47.5 Å². The fourth-order valence-electron chi connectivity index (χ4n) is 6.52. The summed E-state index contributed by atoms with van der Waals surface area (Å²) in [6.45, 7) is 0. The number of nitrogens with zero attached hydrogens (tertiary/aromatic N) is 5. The predicted molar refractivity (Wildman–Crippen MR) is 199 cm³/mol. The largest absolute Gasteiger partial charge is 0.293 e. The van der Waals surface area contributed by atoms with Gasteiger partial charge in [0.05, 0.1) is 16.9 Å². The third-order valence-electron chi connectivity index (χ3n) is 8.87. The van der Waals surface area contributed by atoms with E-state index >= 15 is 0 Å². The molecule has 0 saturated heterocycles. The molecule has 9 rings (SSSR count). The van der Waals surface area contributed by atoms with Crippen molar-refractivity contribution in [2.45, 2.75) is 0 Å². The van der Waals surface area contributed by atoms with Gasteiger partial charge in [0.1, 0.15) is 5.65 Å². The highest BCUT2D eigenvalue weighted by Crippen LogP contribution is 2.37. The highest BCUT2D eigenvalue weighted by atomic mass is 15.1. The van der Waals surface area contributed by atoms with Crippen LogP contribution >= 0.6 is 0 Å². The van der Waals surface area contributed by atoms with Gasteiger partial charge in [-0.25, -0.2) is 19.9 Å². The van der Waals surface area contributed by atoms with Crippen LogP contribution in [0.1, 0.15) is 0 Å². The summed E-state index contributed by atoms with van der Waals surface area (Å²) in [5.41, 5.74) is 9.93. The van der Waals surface area contributed by atoms with E-state index in [0.717, 1.165) is 61.1 Å². The molecule has 5 heteroatoms. The van der Waals surface area contributed by atoms with Gasteiger partial charge in [0, 0.05) is 33.0 Å². The van der Waals surface area contributed by atoms with E-state index in [1.807, 2.05) is 72.8 Å². The Labute approximate surface area is 283 Å². The topological polar surface area (TPSA) is 56.5 Å². The molecule has 0 bridgehead atoms. The van der Waals surface area contributed by atoms with Gasteiger partial charge in [-0.3, -0.25) is 4.57 Å². The van der Waals surface area contributed by atoms with Gasteiger partial charge >= 0.3 is 0 Å². The second-order valence-corrected chi connectivity index (χ2v) is 11.9. The average Bonchev–Trinajstić information content (AvgIpc) is 3.52. The molecule has 0 atom stereocenters. The van der Waals surface area contributed by atoms with E-state index in [0.29, 0.717) is 17.5 Å². The molecule has 230 valence electrons. The molecule has 0 amide bonds. The van der Waals surface area contributed by atoms with Crippen LogP contribution in [0.5, 0.6) is 0 Å². The van der Waals surface area contributed by atoms with Crippen LogP contribution in [0.2, 0.25) is 0 Å². The highest BCUT2D eigenvalue weighted by molar-refractivity contribution is 6.08. The summed E-state index contributed by atoms with van der Waals surface area (Å²) in [6, 6.07) is 60.3. The summed E-state index contributed by atoms with van der Waals surface area (Å²) in [6.07, 6.45) is 0. The van der Waals surface area contributed by atoms with Crippen LogP contribution in [0.25, 0.3) is 84.2 Å². The molecule has 0 unspecified atom stereocenters. The fourth-order valence-corrected chi connectivity index (χ4v) is 6.52. The molecule has 0 radical (unpaired) electrons. The Morgan fingerprint density at radius 3 is 1.61 bits per heavy atom. The molecule has 0 aliphatic rings. The number of hydrogen-bond donors (Lipinski definition) is 0. The molecule has 9 aromatic rings. The first kappa shape index (κ1) is 28.5. The molecule has 0 aliphatic carbocycles. The number of benzene rings is 6. The van der Waals surface area contributed by atoms with Crippen molar-refractivity contribution < 1.29 is 0 Å². The molecule has 3 aromatic heterocycles. The van der Waals surface area contributed by atoms with E-state index in [9.17, 15) is 0 Å². The van der Waals surface area contributed by atoms with E-state index < -0.39 is 0 Å². The van der Waals surface area contributed by atoms with Crippen molar-refractivity contribution in [3.63, 3.8) is 0 Å². The molecule has 3 heterocycles. The van der Waals surface area contributed by atoms with Crippen LogP contribution in [0.15, 0.2) is 176 Å². The lowest BCUT2D eigenvalue weighted by molar-refractivity contribution is 1.06. The van der Waals surface area contributed by atoms with Gasteiger partial charge < -0.3 is 0 Å². The maximum absolute atomic E-state index is 5.37. The lowest BCUT2D eigenvalue weighted by Gasteiger charge is -2.14. The monoisotopic (exact) mass is 627 g/mol. The smallest absolute Gasteiger partial charge is 0.166 e. The van der Waals surface area contributed by atoms with Crippen LogP contribution in [0, 0.1) is 0 Å². The summed E-state index contributed by atoms with van der Waals surface area (Å²) < 4.78 is 2.25. The lowest BCUT2D eigenvalue weighted by atomic mass is 10.0. The number of para-hydroxylation sites is 2. The average molecular weight is 628 g/mol. The summed E-state index contributed by atoms with van der Waals surface area (Å²) in [5.74, 6) is 1.85. The van der Waals surface area contributed by atoms with Gasteiger partial charge in [-0.2, -0.15) is 0 Å². The van der Waals surface area contributed by atoms with Gasteiger partial charge in [0.25, 0.3) is 0 Å². The van der Waals surface area contributed by atoms with Crippen molar-refractivity contribution in [2.24, 2.45) is 0 Å². The van der Waals surface area contributed by atoms with Crippen LogP contribution in [0.4, 0.5) is 0 Å². The third kappa shape index (κ3) is 5.24. The zero-order chi connectivity index (χ0) is 32.6. The fraction of sp³-hybridized carbons (Fsp3) is 0. The highest BCUT2D eigenvalue weighted by Gasteiger charge is 2.20. The number of hydrogen-bond acceptors (Lipinski definition) is 4. The summed E-state index contributed by atoms with van der Waals surface area (Å²) in [4.78, 5) is 20.4. The summed E-state index contributed by atoms with van der Waals surface area (Å²) in [5, 5.41) is 2.22. The Hall–Kier alpha value is -6.72. The standard InChI is InChI=1S/C44H29N5/c1-4-15-30(16-5-1)33-21-14-22-34(29-33)38-28-27-36-35-23-10-12-25-39(35)49(44(36)45-38)40-26-13-11-24-37(40)43-47-41(31-17-6-2-7-18-31)46-42(48-43)32-19-8-3-9-20-32/h1-29H. The van der Waals surface area contributed by atoms with Gasteiger partial charge in [0.2, 0.25) is 0 Å². The molecule has 49 heavy (non-hydrogen) atoms. The van der Waals surface area contributed by atoms with Gasteiger partial charge in [-0.15, -0.1) is 0 Å².